The summed E-state index contributed by atoms with van der Waals surface area (Å²) >= 11 is 0. The van der Waals surface area contributed by atoms with Crippen molar-refractivity contribution in [2.75, 3.05) is 0 Å². The Hall–Kier alpha value is -1.68. The first kappa shape index (κ1) is 14.7. The number of aromatic carboxylic acids is 1. The van der Waals surface area contributed by atoms with Crippen molar-refractivity contribution in [2.45, 2.75) is 0 Å². The van der Waals surface area contributed by atoms with E-state index in [4.69, 9.17) is 0 Å². The second kappa shape index (κ2) is 6.18. The Morgan fingerprint density at radius 3 is 2.30 bits per heavy atom. The summed E-state index contributed by atoms with van der Waals surface area (Å²) in [5.41, 5.74) is 2.57. The summed E-state index contributed by atoms with van der Waals surface area (Å²) in [7, 11) is 0. The van der Waals surface area contributed by atoms with Crippen molar-refractivity contribution >= 4 is 16.9 Å². The van der Waals surface area contributed by atoms with Gasteiger partial charge < -0.3 is 5.11 Å². The number of hydrogen-bond acceptors (Lipinski definition) is 2. The van der Waals surface area contributed by atoms with E-state index < -0.39 is 5.97 Å². The Morgan fingerprint density at radius 2 is 1.60 bits per heavy atom. The van der Waals surface area contributed by atoms with Gasteiger partial charge in [-0.1, -0.05) is 48.5 Å². The molecule has 0 saturated heterocycles. The molecule has 20 heavy (non-hydrogen) atoms. The molecule has 0 aliphatic carbocycles. The molecule has 0 fully saturated rings. The van der Waals surface area contributed by atoms with Gasteiger partial charge in [-0.3, -0.25) is 0 Å². The van der Waals surface area contributed by atoms with Crippen LogP contribution in [-0.2, 0) is 0 Å². The predicted molar refractivity (Wildman–Crippen MR) is 74.1 cm³/mol. The number of nitrogens with zero attached hydrogens (tertiary/aromatic N) is 1. The zero-order valence-electron chi connectivity index (χ0n) is 11.1. The number of fused-ring (bicyclic) bond motifs is 1. The summed E-state index contributed by atoms with van der Waals surface area (Å²) in [4.78, 5) is 15.9. The third-order valence-electron chi connectivity index (χ3n) is 3.02. The van der Waals surface area contributed by atoms with Crippen LogP contribution in [0.3, 0.4) is 0 Å². The van der Waals surface area contributed by atoms with Crippen molar-refractivity contribution in [1.29, 1.82) is 0 Å². The average molecular weight is 272 g/mol. The van der Waals surface area contributed by atoms with Crippen molar-refractivity contribution in [3.8, 4) is 11.3 Å². The first-order valence-corrected chi connectivity index (χ1v) is 5.94. The molecule has 3 rings (SSSR count). The summed E-state index contributed by atoms with van der Waals surface area (Å²) in [6, 6.07) is 18.5. The van der Waals surface area contributed by atoms with E-state index in [1.807, 2.05) is 48.5 Å². The fraction of sp³-hybridized carbons (Fsp3) is 0. The second-order valence-corrected chi connectivity index (χ2v) is 4.24. The van der Waals surface area contributed by atoms with E-state index in [2.05, 4.69) is 4.98 Å². The molecule has 3 aromatic rings. The maximum absolute atomic E-state index is 11.4. The molecule has 0 saturated carbocycles. The van der Waals surface area contributed by atoms with E-state index in [0.717, 1.165) is 5.56 Å². The molecule has 0 amide bonds. The quantitative estimate of drug-likeness (QED) is 0.695. The molecule has 1 N–H and O–H groups in total. The van der Waals surface area contributed by atoms with Crippen LogP contribution >= 0.6 is 0 Å². The van der Waals surface area contributed by atoms with E-state index in [1.165, 1.54) is 0 Å². The van der Waals surface area contributed by atoms with Crippen molar-refractivity contribution in [3.63, 3.8) is 0 Å². The van der Waals surface area contributed by atoms with Gasteiger partial charge >= 0.3 is 35.5 Å². The summed E-state index contributed by atoms with van der Waals surface area (Å²) in [6.07, 6.45) is 0. The minimum atomic E-state index is -0.934. The predicted octanol–water partition coefficient (Wildman–Crippen LogP) is 0.604. The van der Waals surface area contributed by atoms with Gasteiger partial charge in [-0.25, -0.2) is 9.78 Å². The normalized spacial score (nSPS) is 10.0. The summed E-state index contributed by atoms with van der Waals surface area (Å²) in [6.45, 7) is 0. The van der Waals surface area contributed by atoms with Gasteiger partial charge in [0.15, 0.2) is 0 Å². The molecule has 3 nitrogen and oxygen atoms in total. The van der Waals surface area contributed by atoms with E-state index in [-0.39, 0.29) is 35.1 Å². The first-order chi connectivity index (χ1) is 9.25. The summed E-state index contributed by atoms with van der Waals surface area (Å²) in [5.74, 6) is -0.934. The van der Waals surface area contributed by atoms with Gasteiger partial charge in [0.05, 0.1) is 16.8 Å². The molecular weight excluding hydrogens is 261 g/mol. The van der Waals surface area contributed by atoms with Gasteiger partial charge in [0, 0.05) is 10.9 Å². The van der Waals surface area contributed by atoms with Gasteiger partial charge in [0.25, 0.3) is 0 Å². The summed E-state index contributed by atoms with van der Waals surface area (Å²) in [5, 5.41) is 9.99. The second-order valence-electron chi connectivity index (χ2n) is 4.24. The van der Waals surface area contributed by atoms with E-state index >= 15 is 0 Å². The smallest absolute Gasteiger partial charge is 0.478 e. The van der Waals surface area contributed by atoms with Gasteiger partial charge in [-0.05, 0) is 12.1 Å². The van der Waals surface area contributed by atoms with Crippen molar-refractivity contribution in [2.24, 2.45) is 0 Å². The van der Waals surface area contributed by atoms with Crippen molar-refractivity contribution in [1.82, 2.24) is 4.98 Å². The Labute approximate surface area is 138 Å². The molecule has 0 radical (unpaired) electrons. The first-order valence-electron chi connectivity index (χ1n) is 5.94. The van der Waals surface area contributed by atoms with Crippen molar-refractivity contribution < 1.29 is 39.5 Å². The SMILES string of the molecule is O=C(O)c1cc(-c2ccccc2)nc2ccccc12.[Na+]. The van der Waals surface area contributed by atoms with Crippen LogP contribution in [0.1, 0.15) is 10.4 Å². The largest absolute Gasteiger partial charge is 1.00 e. The molecule has 0 aliphatic rings. The number of carboxylic acids is 1. The zero-order chi connectivity index (χ0) is 13.2. The fourth-order valence-electron chi connectivity index (χ4n) is 2.11. The molecule has 0 aliphatic heterocycles. The minimum absolute atomic E-state index is 0. The molecule has 2 aromatic carbocycles. The summed E-state index contributed by atoms with van der Waals surface area (Å²) < 4.78 is 0. The van der Waals surface area contributed by atoms with Gasteiger partial charge in [0.2, 0.25) is 0 Å². The topological polar surface area (TPSA) is 50.2 Å². The Kier molecular flexibility index (Phi) is 4.55. The fourth-order valence-corrected chi connectivity index (χ4v) is 2.11. The van der Waals surface area contributed by atoms with Crippen LogP contribution in [0.4, 0.5) is 0 Å². The maximum Gasteiger partial charge on any atom is 1.00 e. The average Bonchev–Trinajstić information content (AvgIpc) is 2.47. The third-order valence-corrected chi connectivity index (χ3v) is 3.02. The minimum Gasteiger partial charge on any atom is -0.478 e. The van der Waals surface area contributed by atoms with Crippen LogP contribution in [0.2, 0.25) is 0 Å². The zero-order valence-corrected chi connectivity index (χ0v) is 13.1. The molecule has 0 spiro atoms. The molecular formula is C16H11NNaO2+. The van der Waals surface area contributed by atoms with E-state index in [9.17, 15) is 9.90 Å². The standard InChI is InChI=1S/C16H11NO2.Na/c18-16(19)13-10-15(11-6-2-1-3-7-11)17-14-9-5-4-8-12(13)14;/h1-10H,(H,18,19);/q;+1. The number of pyridine rings is 1. The molecule has 1 aromatic heterocycles. The van der Waals surface area contributed by atoms with Crippen LogP contribution in [-0.4, -0.2) is 16.1 Å². The molecule has 0 bridgehead atoms. The Morgan fingerprint density at radius 1 is 0.950 bits per heavy atom. The van der Waals surface area contributed by atoms with E-state index in [1.54, 1.807) is 12.1 Å². The number of rotatable bonds is 2. The number of carbonyl (C=O) groups is 1. The number of carboxylic acid groups (broad SMARTS) is 1. The van der Waals surface area contributed by atoms with Gasteiger partial charge in [0.1, 0.15) is 0 Å². The number of aromatic nitrogens is 1. The molecule has 1 heterocycles. The van der Waals surface area contributed by atoms with Crippen LogP contribution in [0.25, 0.3) is 22.2 Å². The van der Waals surface area contributed by atoms with Gasteiger partial charge in [-0.2, -0.15) is 0 Å². The van der Waals surface area contributed by atoms with Crippen molar-refractivity contribution in [3.05, 3.63) is 66.2 Å². The third kappa shape index (κ3) is 2.75. The maximum atomic E-state index is 11.4. The van der Waals surface area contributed by atoms with Crippen LogP contribution < -0.4 is 29.6 Å². The Balaban J connectivity index is 0.00000147. The number of hydrogen-bond donors (Lipinski definition) is 1. The van der Waals surface area contributed by atoms with Crippen LogP contribution in [0, 0.1) is 0 Å². The van der Waals surface area contributed by atoms with Gasteiger partial charge in [-0.15, -0.1) is 0 Å². The Bertz CT molecular complexity index is 757. The van der Waals surface area contributed by atoms with Crippen LogP contribution in [0.15, 0.2) is 60.7 Å². The molecule has 92 valence electrons. The van der Waals surface area contributed by atoms with Crippen LogP contribution in [0.5, 0.6) is 0 Å². The van der Waals surface area contributed by atoms with E-state index in [0.29, 0.717) is 16.6 Å². The number of para-hydroxylation sites is 1. The number of benzene rings is 2. The monoisotopic (exact) mass is 272 g/mol. The molecule has 0 atom stereocenters. The molecule has 4 heteroatoms. The molecule has 0 unspecified atom stereocenters.